The van der Waals surface area contributed by atoms with Gasteiger partial charge in [-0.1, -0.05) is 12.1 Å². The molecule has 0 amide bonds. The number of H-pyrrole nitrogens is 1. The number of fused-ring (bicyclic) bond motifs is 3. The van der Waals surface area contributed by atoms with Gasteiger partial charge in [-0.15, -0.1) is 11.3 Å². The highest BCUT2D eigenvalue weighted by Crippen LogP contribution is 2.34. The molecule has 0 atom stereocenters. The van der Waals surface area contributed by atoms with Gasteiger partial charge in [0.15, 0.2) is 0 Å². The number of hydrogen-bond acceptors (Lipinski definition) is 5. The highest BCUT2D eigenvalue weighted by atomic mass is 32.1. The third-order valence-corrected chi connectivity index (χ3v) is 6.92. The predicted molar refractivity (Wildman–Crippen MR) is 111 cm³/mol. The number of piperazine rings is 1. The van der Waals surface area contributed by atoms with Crippen LogP contribution in [-0.4, -0.2) is 41.0 Å². The normalized spacial score (nSPS) is 17.6. The fraction of sp³-hybridized carbons (Fsp3) is 0.429. The first kappa shape index (κ1) is 17.0. The fourth-order valence-corrected chi connectivity index (χ4v) is 5.60. The van der Waals surface area contributed by atoms with Crippen LogP contribution < -0.4 is 10.5 Å². The van der Waals surface area contributed by atoms with Crippen LogP contribution in [0.25, 0.3) is 10.2 Å². The van der Waals surface area contributed by atoms with E-state index < -0.39 is 0 Å². The minimum atomic E-state index is 0.0489. The molecule has 0 radical (unpaired) electrons. The molecule has 5 rings (SSSR count). The second kappa shape index (κ2) is 6.77. The van der Waals surface area contributed by atoms with E-state index >= 15 is 0 Å². The average Bonchev–Trinajstić information content (AvgIpc) is 3.23. The van der Waals surface area contributed by atoms with Crippen molar-refractivity contribution in [1.29, 1.82) is 0 Å². The quantitative estimate of drug-likeness (QED) is 0.759. The van der Waals surface area contributed by atoms with E-state index in [1.165, 1.54) is 28.1 Å². The highest BCUT2D eigenvalue weighted by Gasteiger charge is 2.22. The summed E-state index contributed by atoms with van der Waals surface area (Å²) in [7, 11) is 0. The lowest BCUT2D eigenvalue weighted by molar-refractivity contribution is 0.244. The smallest absolute Gasteiger partial charge is 0.259 e. The van der Waals surface area contributed by atoms with Crippen LogP contribution in [0.1, 0.15) is 28.2 Å². The number of aromatic nitrogens is 2. The number of aromatic amines is 1. The molecule has 2 aromatic heterocycles. The summed E-state index contributed by atoms with van der Waals surface area (Å²) in [5.74, 6) is 0.802. The number of nitrogens with zero attached hydrogens (tertiary/aromatic N) is 3. The molecule has 140 valence electrons. The van der Waals surface area contributed by atoms with Crippen molar-refractivity contribution in [2.24, 2.45) is 0 Å². The maximum Gasteiger partial charge on any atom is 0.259 e. The van der Waals surface area contributed by atoms with Crippen molar-refractivity contribution in [3.8, 4) is 0 Å². The van der Waals surface area contributed by atoms with E-state index in [-0.39, 0.29) is 5.56 Å². The molecule has 3 aromatic rings. The third-order valence-electron chi connectivity index (χ3n) is 5.74. The molecule has 5 nitrogen and oxygen atoms in total. The van der Waals surface area contributed by atoms with Gasteiger partial charge in [-0.3, -0.25) is 9.69 Å². The second-order valence-electron chi connectivity index (χ2n) is 7.65. The van der Waals surface area contributed by atoms with Crippen molar-refractivity contribution >= 4 is 27.2 Å². The highest BCUT2D eigenvalue weighted by molar-refractivity contribution is 7.18. The number of thiophene rings is 1. The maximum absolute atomic E-state index is 12.6. The van der Waals surface area contributed by atoms with Crippen molar-refractivity contribution in [3.63, 3.8) is 0 Å². The van der Waals surface area contributed by atoms with Gasteiger partial charge in [0, 0.05) is 36.7 Å². The van der Waals surface area contributed by atoms with Gasteiger partial charge in [0.05, 0.1) is 11.9 Å². The number of nitrogens with one attached hydrogen (secondary N) is 1. The van der Waals surface area contributed by atoms with Gasteiger partial charge < -0.3 is 9.88 Å². The molecule has 0 bridgehead atoms. The van der Waals surface area contributed by atoms with Gasteiger partial charge in [-0.2, -0.15) is 0 Å². The first-order chi connectivity index (χ1) is 13.2. The molecule has 1 saturated heterocycles. The summed E-state index contributed by atoms with van der Waals surface area (Å²) in [6.07, 6.45) is 3.30. The van der Waals surface area contributed by atoms with Gasteiger partial charge in [-0.25, -0.2) is 4.98 Å². The van der Waals surface area contributed by atoms with E-state index in [4.69, 9.17) is 4.98 Å². The van der Waals surface area contributed by atoms with Gasteiger partial charge >= 0.3 is 0 Å². The van der Waals surface area contributed by atoms with Gasteiger partial charge in [-0.05, 0) is 49.4 Å². The van der Waals surface area contributed by atoms with E-state index in [2.05, 4.69) is 46.0 Å². The van der Waals surface area contributed by atoms with Crippen LogP contribution in [0.15, 0.2) is 29.1 Å². The van der Waals surface area contributed by atoms with Crippen LogP contribution in [0.2, 0.25) is 0 Å². The van der Waals surface area contributed by atoms with E-state index in [9.17, 15) is 4.79 Å². The summed E-state index contributed by atoms with van der Waals surface area (Å²) in [6.45, 7) is 6.83. The molecule has 0 saturated carbocycles. The molecular weight excluding hydrogens is 356 g/mol. The monoisotopic (exact) mass is 380 g/mol. The predicted octanol–water partition coefficient (Wildman–Crippen LogP) is 3.10. The van der Waals surface area contributed by atoms with E-state index in [1.54, 1.807) is 11.3 Å². The Labute approximate surface area is 162 Å². The Morgan fingerprint density at radius 3 is 2.85 bits per heavy atom. The summed E-state index contributed by atoms with van der Waals surface area (Å²) in [6, 6.07) is 8.70. The minimum Gasteiger partial charge on any atom is -0.369 e. The molecule has 1 N–H and O–H groups in total. The molecule has 6 heteroatoms. The summed E-state index contributed by atoms with van der Waals surface area (Å²) in [4.78, 5) is 27.6. The molecule has 27 heavy (non-hydrogen) atoms. The van der Waals surface area contributed by atoms with Crippen molar-refractivity contribution in [3.05, 3.63) is 56.4 Å². The summed E-state index contributed by atoms with van der Waals surface area (Å²) >= 11 is 1.72. The van der Waals surface area contributed by atoms with Gasteiger partial charge in [0.2, 0.25) is 0 Å². The Balaban J connectivity index is 1.30. The maximum atomic E-state index is 12.6. The Hall–Kier alpha value is -2.18. The molecule has 2 aliphatic rings. The number of aryl methyl sites for hydroxylation is 3. The number of anilines is 1. The topological polar surface area (TPSA) is 52.2 Å². The summed E-state index contributed by atoms with van der Waals surface area (Å²) in [5.41, 5.74) is 3.90. The molecule has 0 spiro atoms. The molecule has 1 aromatic carbocycles. The Bertz CT molecular complexity index is 1050. The first-order valence-electron chi connectivity index (χ1n) is 9.75. The molecule has 1 aliphatic carbocycles. The van der Waals surface area contributed by atoms with Crippen molar-refractivity contribution in [2.75, 3.05) is 31.1 Å². The van der Waals surface area contributed by atoms with Crippen molar-refractivity contribution in [1.82, 2.24) is 14.9 Å². The van der Waals surface area contributed by atoms with Crippen molar-refractivity contribution < 1.29 is 0 Å². The van der Waals surface area contributed by atoms with Crippen LogP contribution >= 0.6 is 11.3 Å². The fourth-order valence-electron chi connectivity index (χ4n) is 4.32. The SMILES string of the molecule is Cc1cccc(N2CCN(Cc3nc4sc5c(c4c(=O)[nH]3)CCC5)CC2)c1. The molecule has 0 unspecified atom stereocenters. The molecule has 1 aliphatic heterocycles. The van der Waals surface area contributed by atoms with Crippen LogP contribution in [0, 0.1) is 6.92 Å². The van der Waals surface area contributed by atoms with Crippen LogP contribution in [0.5, 0.6) is 0 Å². The lowest BCUT2D eigenvalue weighted by atomic mass is 10.2. The van der Waals surface area contributed by atoms with Gasteiger partial charge in [0.1, 0.15) is 10.7 Å². The van der Waals surface area contributed by atoms with Crippen LogP contribution in [0.4, 0.5) is 5.69 Å². The van der Waals surface area contributed by atoms with E-state index in [0.717, 1.165) is 61.6 Å². The van der Waals surface area contributed by atoms with E-state index in [1.807, 2.05) is 0 Å². The molecule has 3 heterocycles. The minimum absolute atomic E-state index is 0.0489. The molecular formula is C21H24N4OS. The largest absolute Gasteiger partial charge is 0.369 e. The number of benzene rings is 1. The zero-order valence-electron chi connectivity index (χ0n) is 15.6. The Morgan fingerprint density at radius 1 is 1.19 bits per heavy atom. The van der Waals surface area contributed by atoms with E-state index in [0.29, 0.717) is 0 Å². The van der Waals surface area contributed by atoms with Crippen LogP contribution in [0.3, 0.4) is 0 Å². The van der Waals surface area contributed by atoms with Crippen LogP contribution in [-0.2, 0) is 19.4 Å². The number of rotatable bonds is 3. The third kappa shape index (κ3) is 3.17. The summed E-state index contributed by atoms with van der Waals surface area (Å²) < 4.78 is 0. The standard InChI is InChI=1S/C21H24N4OS/c1-14-4-2-5-15(12-14)25-10-8-24(9-11-25)13-18-22-20(26)19-16-6-3-7-17(16)27-21(19)23-18/h2,4-5,12H,3,6-11,13H2,1H3,(H,22,23,26). The zero-order chi connectivity index (χ0) is 18.4. The number of hydrogen-bond donors (Lipinski definition) is 1. The Morgan fingerprint density at radius 2 is 2.04 bits per heavy atom. The zero-order valence-corrected chi connectivity index (χ0v) is 16.4. The average molecular weight is 381 g/mol. The molecule has 1 fully saturated rings. The first-order valence-corrected chi connectivity index (χ1v) is 10.6. The Kier molecular flexibility index (Phi) is 4.25. The lowest BCUT2D eigenvalue weighted by Crippen LogP contribution is -2.46. The van der Waals surface area contributed by atoms with Gasteiger partial charge in [0.25, 0.3) is 5.56 Å². The lowest BCUT2D eigenvalue weighted by Gasteiger charge is -2.36. The van der Waals surface area contributed by atoms with Crippen molar-refractivity contribution in [2.45, 2.75) is 32.7 Å². The second-order valence-corrected chi connectivity index (χ2v) is 8.74. The summed E-state index contributed by atoms with van der Waals surface area (Å²) in [5, 5.41) is 0.848.